The van der Waals surface area contributed by atoms with Crippen LogP contribution in [0, 0.1) is 0 Å². The number of allylic oxidation sites excluding steroid dienone is 3. The quantitative estimate of drug-likeness (QED) is 0.202. The second-order valence-corrected chi connectivity index (χ2v) is 7.74. The number of hydrogen-bond acceptors (Lipinski definition) is 4. The van der Waals surface area contributed by atoms with Crippen LogP contribution in [-0.4, -0.2) is 72.9 Å². The molecule has 0 aliphatic carbocycles. The minimum absolute atomic E-state index is 0.0838. The molecule has 1 saturated heterocycles. The molecular formula is C24H31F5N6. The van der Waals surface area contributed by atoms with E-state index in [1.54, 1.807) is 11.2 Å². The Morgan fingerprint density at radius 1 is 1.17 bits per heavy atom. The first-order valence-corrected chi connectivity index (χ1v) is 11.3. The Morgan fingerprint density at radius 3 is 2.43 bits per heavy atom. The zero-order valence-corrected chi connectivity index (χ0v) is 20.1. The van der Waals surface area contributed by atoms with Crippen LogP contribution < -0.4 is 4.90 Å². The van der Waals surface area contributed by atoms with Gasteiger partial charge in [0.15, 0.2) is 5.84 Å². The van der Waals surface area contributed by atoms with Gasteiger partial charge < -0.3 is 9.80 Å². The van der Waals surface area contributed by atoms with Crippen LogP contribution >= 0.6 is 0 Å². The molecule has 1 aromatic heterocycles. The van der Waals surface area contributed by atoms with Crippen LogP contribution in [0.15, 0.2) is 64.3 Å². The summed E-state index contributed by atoms with van der Waals surface area (Å²) in [5, 5.41) is 0. The first-order valence-electron chi connectivity index (χ1n) is 11.3. The molecule has 0 spiro atoms. The van der Waals surface area contributed by atoms with Gasteiger partial charge in [-0.05, 0) is 51.1 Å². The van der Waals surface area contributed by atoms with E-state index in [0.717, 1.165) is 12.1 Å². The smallest absolute Gasteiger partial charge is 0.363 e. The Bertz CT molecular complexity index is 951. The number of rotatable bonds is 9. The third kappa shape index (κ3) is 8.89. The first kappa shape index (κ1) is 28.2. The molecule has 0 saturated carbocycles. The number of pyridine rings is 1. The molecule has 192 valence electrons. The highest BCUT2D eigenvalue weighted by molar-refractivity contribution is 6.04. The van der Waals surface area contributed by atoms with Crippen molar-refractivity contribution in [2.24, 2.45) is 9.98 Å². The molecule has 1 fully saturated rings. The van der Waals surface area contributed by atoms with E-state index in [-0.39, 0.29) is 18.3 Å². The molecule has 2 rings (SSSR count). The van der Waals surface area contributed by atoms with Crippen LogP contribution in [0.25, 0.3) is 0 Å². The van der Waals surface area contributed by atoms with Crippen LogP contribution in [-0.2, 0) is 6.18 Å². The number of nitrogens with zero attached hydrogens (tertiary/aromatic N) is 6. The van der Waals surface area contributed by atoms with Gasteiger partial charge in [0.05, 0.1) is 30.7 Å². The number of alkyl halides is 3. The normalized spacial score (nSPS) is 17.1. The van der Waals surface area contributed by atoms with Crippen molar-refractivity contribution in [3.63, 3.8) is 0 Å². The van der Waals surface area contributed by atoms with Crippen molar-refractivity contribution in [3.05, 3.63) is 59.9 Å². The van der Waals surface area contributed by atoms with Crippen molar-refractivity contribution in [2.45, 2.75) is 26.9 Å². The Kier molecular flexibility index (Phi) is 11.0. The molecule has 2 heterocycles. The van der Waals surface area contributed by atoms with Gasteiger partial charge in [0.2, 0.25) is 0 Å². The predicted octanol–water partition coefficient (Wildman–Crippen LogP) is 5.23. The summed E-state index contributed by atoms with van der Waals surface area (Å²) in [4.78, 5) is 18.4. The summed E-state index contributed by atoms with van der Waals surface area (Å²) < 4.78 is 66.3. The molecule has 0 unspecified atom stereocenters. The van der Waals surface area contributed by atoms with E-state index in [9.17, 15) is 22.0 Å². The van der Waals surface area contributed by atoms with Gasteiger partial charge in [0, 0.05) is 51.0 Å². The zero-order valence-electron chi connectivity index (χ0n) is 20.1. The fourth-order valence-electron chi connectivity index (χ4n) is 3.41. The Labute approximate surface area is 202 Å². The lowest BCUT2D eigenvalue weighted by Gasteiger charge is -2.35. The maximum atomic E-state index is 13.7. The summed E-state index contributed by atoms with van der Waals surface area (Å²) >= 11 is 0. The zero-order chi connectivity index (χ0) is 25.8. The summed E-state index contributed by atoms with van der Waals surface area (Å²) in [6.07, 6.45) is 2.52. The lowest BCUT2D eigenvalue weighted by molar-refractivity contribution is -0.137. The molecular weight excluding hydrogens is 467 g/mol. The predicted molar refractivity (Wildman–Crippen MR) is 130 cm³/mol. The van der Waals surface area contributed by atoms with Gasteiger partial charge in [0.1, 0.15) is 5.82 Å². The van der Waals surface area contributed by atoms with Crippen LogP contribution in [0.3, 0.4) is 0 Å². The molecule has 1 aliphatic rings. The van der Waals surface area contributed by atoms with Crippen molar-refractivity contribution in [1.82, 2.24) is 14.8 Å². The monoisotopic (exact) mass is 498 g/mol. The molecule has 0 aromatic carbocycles. The Morgan fingerprint density at radius 2 is 1.86 bits per heavy atom. The van der Waals surface area contributed by atoms with Gasteiger partial charge >= 0.3 is 6.18 Å². The fourth-order valence-corrected chi connectivity index (χ4v) is 3.41. The van der Waals surface area contributed by atoms with Crippen LogP contribution in [0.1, 0.15) is 26.3 Å². The lowest BCUT2D eigenvalue weighted by Crippen LogP contribution is -2.47. The third-order valence-electron chi connectivity index (χ3n) is 5.30. The maximum absolute atomic E-state index is 13.7. The molecule has 6 nitrogen and oxygen atoms in total. The van der Waals surface area contributed by atoms with Crippen molar-refractivity contribution in [3.8, 4) is 0 Å². The fraction of sp³-hybridized carbons (Fsp3) is 0.458. The molecule has 1 aliphatic heterocycles. The molecule has 0 bridgehead atoms. The van der Waals surface area contributed by atoms with E-state index < -0.39 is 17.6 Å². The lowest BCUT2D eigenvalue weighted by atomic mass is 10.2. The minimum Gasteiger partial charge on any atom is -0.363 e. The van der Waals surface area contributed by atoms with E-state index in [1.165, 1.54) is 31.3 Å². The van der Waals surface area contributed by atoms with E-state index >= 15 is 0 Å². The number of hydrogen-bond donors (Lipinski definition) is 0. The van der Waals surface area contributed by atoms with Gasteiger partial charge in [-0.2, -0.15) is 13.2 Å². The van der Waals surface area contributed by atoms with E-state index in [4.69, 9.17) is 0 Å². The number of piperazine rings is 1. The van der Waals surface area contributed by atoms with Crippen LogP contribution in [0.4, 0.5) is 27.8 Å². The summed E-state index contributed by atoms with van der Waals surface area (Å²) in [6, 6.07) is 2.30. The first-order chi connectivity index (χ1) is 16.7. The number of anilines is 1. The summed E-state index contributed by atoms with van der Waals surface area (Å²) in [5.74, 6) is -0.350. The number of aromatic nitrogens is 1. The second kappa shape index (κ2) is 13.7. The van der Waals surface area contributed by atoms with E-state index in [0.29, 0.717) is 51.2 Å². The second-order valence-electron chi connectivity index (χ2n) is 7.74. The Balaban J connectivity index is 2.20. The highest BCUT2D eigenvalue weighted by atomic mass is 19.4. The van der Waals surface area contributed by atoms with Crippen molar-refractivity contribution in [2.75, 3.05) is 50.8 Å². The van der Waals surface area contributed by atoms with Gasteiger partial charge in [-0.1, -0.05) is 0 Å². The largest absolute Gasteiger partial charge is 0.419 e. The molecule has 35 heavy (non-hydrogen) atoms. The molecule has 0 N–H and O–H groups in total. The minimum atomic E-state index is -4.48. The standard InChI is InChI=1S/C24H31F5N6/c1-4-33(5-2)17-31-22(20(8-6-10-25)16-19(3)26)32-18-34-12-14-35(15-13-34)23-21(24(27,28)29)9-7-11-30-23/h6-11,16-17H,4-5,12-15,18H2,1-3H3/b10-6+,19-16+,20-8+,31-17?,32-22-. The maximum Gasteiger partial charge on any atom is 0.419 e. The topological polar surface area (TPSA) is 47.3 Å². The summed E-state index contributed by atoms with van der Waals surface area (Å²) in [5.41, 5.74) is -0.465. The number of halogens is 5. The molecule has 0 atom stereocenters. The van der Waals surface area contributed by atoms with Gasteiger partial charge in [0.25, 0.3) is 0 Å². The average Bonchev–Trinajstić information content (AvgIpc) is 2.84. The van der Waals surface area contributed by atoms with Crippen molar-refractivity contribution < 1.29 is 22.0 Å². The summed E-state index contributed by atoms with van der Waals surface area (Å²) in [6.45, 7) is 8.39. The van der Waals surface area contributed by atoms with Gasteiger partial charge in [-0.25, -0.2) is 18.8 Å². The number of aliphatic imine (C=N–C) groups is 2. The van der Waals surface area contributed by atoms with Gasteiger partial charge in [-0.3, -0.25) is 9.89 Å². The highest BCUT2D eigenvalue weighted by Crippen LogP contribution is 2.35. The third-order valence-corrected chi connectivity index (χ3v) is 5.30. The summed E-state index contributed by atoms with van der Waals surface area (Å²) in [7, 11) is 0. The molecule has 0 amide bonds. The van der Waals surface area contributed by atoms with Gasteiger partial charge in [-0.15, -0.1) is 0 Å². The number of amidine groups is 1. The van der Waals surface area contributed by atoms with Crippen molar-refractivity contribution in [1.29, 1.82) is 0 Å². The Hall–Kier alpha value is -3.08. The molecule has 1 aromatic rings. The van der Waals surface area contributed by atoms with Crippen molar-refractivity contribution >= 4 is 18.0 Å². The average molecular weight is 499 g/mol. The molecule has 0 radical (unpaired) electrons. The van der Waals surface area contributed by atoms with E-state index in [2.05, 4.69) is 15.0 Å². The highest BCUT2D eigenvalue weighted by Gasteiger charge is 2.36. The SMILES string of the molecule is CCN(C=NC(=N\CN1CCN(c2ncccc2C(F)(F)F)CC1)/C(/C=C(\C)F)=C/C=C/F)CC. The van der Waals surface area contributed by atoms with Crippen LogP contribution in [0.2, 0.25) is 0 Å². The van der Waals surface area contributed by atoms with Crippen LogP contribution in [0.5, 0.6) is 0 Å². The van der Waals surface area contributed by atoms with E-state index in [1.807, 2.05) is 23.6 Å². The molecule has 11 heteroatoms.